The van der Waals surface area contributed by atoms with Crippen molar-refractivity contribution in [2.24, 2.45) is 0 Å². The molecule has 1 fully saturated rings. The molecule has 1 spiro atoms. The van der Waals surface area contributed by atoms with Gasteiger partial charge in [-0.1, -0.05) is 6.42 Å². The van der Waals surface area contributed by atoms with Gasteiger partial charge in [0.15, 0.2) is 0 Å². The SMILES string of the molecule is Cc1cc(Nc2ncnc3ccc(F)cc23)c(=O)n2c1C(=O)NC21CCCCC1. The van der Waals surface area contributed by atoms with Crippen molar-refractivity contribution in [3.8, 4) is 0 Å². The molecule has 0 radical (unpaired) electrons. The standard InChI is InChI=1S/C21H20FN5O2/c1-12-9-16(25-18-14-10-13(22)5-6-15(14)23-11-24-18)20(29)27-17(12)19(28)26-21(27)7-3-2-4-8-21/h5-6,9-11H,2-4,7-8H2,1H3,(H,26,28)(H,23,24,25). The Morgan fingerprint density at radius 3 is 2.72 bits per heavy atom. The van der Waals surface area contributed by atoms with Gasteiger partial charge in [-0.05, 0) is 62.4 Å². The van der Waals surface area contributed by atoms with E-state index in [2.05, 4.69) is 20.6 Å². The molecular formula is C21H20FN5O2. The Hall–Kier alpha value is -3.29. The number of carbonyl (C=O) groups excluding carboxylic acids is 1. The van der Waals surface area contributed by atoms with Crippen LogP contribution in [0.2, 0.25) is 0 Å². The Labute approximate surface area is 166 Å². The number of fused-ring (bicyclic) bond motifs is 3. The third-order valence-electron chi connectivity index (χ3n) is 5.91. The number of rotatable bonds is 2. The Morgan fingerprint density at radius 2 is 1.93 bits per heavy atom. The molecular weight excluding hydrogens is 373 g/mol. The van der Waals surface area contributed by atoms with E-state index in [1.807, 2.05) is 6.92 Å². The van der Waals surface area contributed by atoms with E-state index in [-0.39, 0.29) is 11.5 Å². The summed E-state index contributed by atoms with van der Waals surface area (Å²) in [5.41, 5.74) is 1.05. The average Bonchev–Trinajstić information content (AvgIpc) is 2.99. The molecule has 2 aromatic heterocycles. The Morgan fingerprint density at radius 1 is 1.14 bits per heavy atom. The van der Waals surface area contributed by atoms with Gasteiger partial charge in [0.2, 0.25) is 0 Å². The molecule has 2 N–H and O–H groups in total. The zero-order valence-corrected chi connectivity index (χ0v) is 16.0. The van der Waals surface area contributed by atoms with Crippen LogP contribution in [0.1, 0.15) is 48.2 Å². The monoisotopic (exact) mass is 393 g/mol. The van der Waals surface area contributed by atoms with Crippen LogP contribution >= 0.6 is 0 Å². The highest BCUT2D eigenvalue weighted by Crippen LogP contribution is 2.37. The number of amides is 1. The Bertz CT molecular complexity index is 1210. The fourth-order valence-corrected chi connectivity index (χ4v) is 4.59. The quantitative estimate of drug-likeness (QED) is 0.697. The van der Waals surface area contributed by atoms with Gasteiger partial charge in [0.05, 0.1) is 5.52 Å². The second-order valence-corrected chi connectivity index (χ2v) is 7.79. The number of nitrogens with zero attached hydrogens (tertiary/aromatic N) is 3. The van der Waals surface area contributed by atoms with E-state index in [1.165, 1.54) is 18.5 Å². The normalized spacial score (nSPS) is 17.4. The van der Waals surface area contributed by atoms with Crippen molar-refractivity contribution in [2.75, 3.05) is 5.32 Å². The summed E-state index contributed by atoms with van der Waals surface area (Å²) < 4.78 is 15.4. The molecule has 1 saturated carbocycles. The fourth-order valence-electron chi connectivity index (χ4n) is 4.59. The van der Waals surface area contributed by atoms with Crippen LogP contribution in [0, 0.1) is 12.7 Å². The summed E-state index contributed by atoms with van der Waals surface area (Å²) in [4.78, 5) is 34.4. The molecule has 29 heavy (non-hydrogen) atoms. The summed E-state index contributed by atoms with van der Waals surface area (Å²) in [6.07, 6.45) is 5.84. The Balaban J connectivity index is 1.66. The molecule has 8 heteroatoms. The van der Waals surface area contributed by atoms with E-state index in [4.69, 9.17) is 0 Å². The number of pyridine rings is 1. The van der Waals surface area contributed by atoms with E-state index < -0.39 is 11.5 Å². The van der Waals surface area contributed by atoms with E-state index >= 15 is 0 Å². The maximum atomic E-state index is 13.8. The first-order valence-corrected chi connectivity index (χ1v) is 9.75. The van der Waals surface area contributed by atoms with Crippen molar-refractivity contribution in [3.05, 3.63) is 58.0 Å². The maximum Gasteiger partial charge on any atom is 0.276 e. The predicted molar refractivity (Wildman–Crippen MR) is 107 cm³/mol. The van der Waals surface area contributed by atoms with E-state index in [9.17, 15) is 14.0 Å². The molecule has 2 aliphatic rings. The lowest BCUT2D eigenvalue weighted by Crippen LogP contribution is -2.48. The van der Waals surface area contributed by atoms with Gasteiger partial charge in [0, 0.05) is 5.39 Å². The summed E-state index contributed by atoms with van der Waals surface area (Å²) >= 11 is 0. The fraction of sp³-hybridized carbons (Fsp3) is 0.333. The minimum atomic E-state index is -0.663. The van der Waals surface area contributed by atoms with Gasteiger partial charge < -0.3 is 10.6 Å². The Kier molecular flexibility index (Phi) is 3.90. The van der Waals surface area contributed by atoms with Crippen molar-refractivity contribution in [3.63, 3.8) is 0 Å². The molecule has 7 nitrogen and oxygen atoms in total. The van der Waals surface area contributed by atoms with Crippen molar-refractivity contribution in [1.29, 1.82) is 0 Å². The lowest BCUT2D eigenvalue weighted by molar-refractivity contribution is 0.0876. The number of hydrogen-bond donors (Lipinski definition) is 2. The number of aryl methyl sites for hydroxylation is 1. The first-order valence-electron chi connectivity index (χ1n) is 9.75. The van der Waals surface area contributed by atoms with Crippen molar-refractivity contribution < 1.29 is 9.18 Å². The van der Waals surface area contributed by atoms with E-state index in [1.54, 1.807) is 16.7 Å². The molecule has 0 bridgehead atoms. The predicted octanol–water partition coefficient (Wildman–Crippen LogP) is 3.34. The van der Waals surface area contributed by atoms with Gasteiger partial charge in [-0.25, -0.2) is 14.4 Å². The topological polar surface area (TPSA) is 88.9 Å². The number of nitrogens with one attached hydrogen (secondary N) is 2. The number of halogens is 1. The second kappa shape index (κ2) is 6.37. The second-order valence-electron chi connectivity index (χ2n) is 7.79. The number of aromatic nitrogens is 3. The van der Waals surface area contributed by atoms with Crippen LogP contribution in [0.5, 0.6) is 0 Å². The molecule has 1 amide bonds. The summed E-state index contributed by atoms with van der Waals surface area (Å²) in [6, 6.07) is 5.89. The first kappa shape index (κ1) is 17.8. The largest absolute Gasteiger partial charge is 0.335 e. The van der Waals surface area contributed by atoms with Gasteiger partial charge in [0.25, 0.3) is 11.5 Å². The molecule has 0 unspecified atom stereocenters. The van der Waals surface area contributed by atoms with Gasteiger partial charge in [-0.15, -0.1) is 0 Å². The van der Waals surface area contributed by atoms with Crippen LogP contribution < -0.4 is 16.2 Å². The lowest BCUT2D eigenvalue weighted by atomic mass is 9.89. The van der Waals surface area contributed by atoms with Crippen LogP contribution in [-0.2, 0) is 5.66 Å². The zero-order chi connectivity index (χ0) is 20.2. The number of benzene rings is 1. The molecule has 3 heterocycles. The molecule has 5 rings (SSSR count). The van der Waals surface area contributed by atoms with E-state index in [0.29, 0.717) is 33.7 Å². The molecule has 0 saturated heterocycles. The summed E-state index contributed by atoms with van der Waals surface area (Å²) in [5.74, 6) is -0.266. The highest BCUT2D eigenvalue weighted by atomic mass is 19.1. The van der Waals surface area contributed by atoms with Crippen LogP contribution in [0.15, 0.2) is 35.4 Å². The number of anilines is 2. The van der Waals surface area contributed by atoms with Crippen LogP contribution in [0.3, 0.4) is 0 Å². The summed E-state index contributed by atoms with van der Waals surface area (Å²) in [7, 11) is 0. The van der Waals surface area contributed by atoms with Crippen molar-refractivity contribution in [2.45, 2.75) is 44.7 Å². The number of hydrogen-bond acceptors (Lipinski definition) is 5. The van der Waals surface area contributed by atoms with Crippen LogP contribution in [-0.4, -0.2) is 20.4 Å². The van der Waals surface area contributed by atoms with Gasteiger partial charge in [-0.2, -0.15) is 0 Å². The van der Waals surface area contributed by atoms with Gasteiger partial charge in [-0.3, -0.25) is 14.2 Å². The molecule has 3 aromatic rings. The highest BCUT2D eigenvalue weighted by Gasteiger charge is 2.45. The summed E-state index contributed by atoms with van der Waals surface area (Å²) in [5, 5.41) is 6.61. The minimum absolute atomic E-state index is 0.206. The van der Waals surface area contributed by atoms with Crippen molar-refractivity contribution >= 4 is 28.3 Å². The third-order valence-corrected chi connectivity index (χ3v) is 5.91. The van der Waals surface area contributed by atoms with Crippen LogP contribution in [0.4, 0.5) is 15.9 Å². The third kappa shape index (κ3) is 2.70. The molecule has 1 aliphatic heterocycles. The molecule has 1 aliphatic carbocycles. The highest BCUT2D eigenvalue weighted by molar-refractivity contribution is 5.97. The van der Waals surface area contributed by atoms with Crippen LogP contribution in [0.25, 0.3) is 10.9 Å². The summed E-state index contributed by atoms with van der Waals surface area (Å²) in [6.45, 7) is 1.82. The molecule has 148 valence electrons. The molecule has 0 atom stereocenters. The van der Waals surface area contributed by atoms with E-state index in [0.717, 1.165) is 32.1 Å². The molecule has 1 aromatic carbocycles. The minimum Gasteiger partial charge on any atom is -0.335 e. The van der Waals surface area contributed by atoms with Crippen molar-refractivity contribution in [1.82, 2.24) is 19.9 Å². The average molecular weight is 393 g/mol. The zero-order valence-electron chi connectivity index (χ0n) is 16.0. The lowest BCUT2D eigenvalue weighted by Gasteiger charge is -2.35. The van der Waals surface area contributed by atoms with Gasteiger partial charge in [0.1, 0.15) is 35.0 Å². The number of carbonyl (C=O) groups is 1. The first-order chi connectivity index (χ1) is 14.0. The maximum absolute atomic E-state index is 13.8. The van der Waals surface area contributed by atoms with Gasteiger partial charge >= 0.3 is 0 Å². The smallest absolute Gasteiger partial charge is 0.276 e.